The Labute approximate surface area is 131 Å². The van der Waals surface area contributed by atoms with Gasteiger partial charge in [-0.2, -0.15) is 0 Å². The van der Waals surface area contributed by atoms with Crippen LogP contribution in [0, 0.1) is 0 Å². The predicted octanol–water partition coefficient (Wildman–Crippen LogP) is 3.36. The summed E-state index contributed by atoms with van der Waals surface area (Å²) in [6, 6.07) is 14.4. The van der Waals surface area contributed by atoms with Crippen molar-refractivity contribution in [3.05, 3.63) is 64.7 Å². The maximum Gasteiger partial charge on any atom is 0.309 e. The zero-order chi connectivity index (χ0) is 15.2. The molecule has 110 valence electrons. The normalized spacial score (nSPS) is 11.9. The van der Waals surface area contributed by atoms with Gasteiger partial charge in [0.25, 0.3) is 0 Å². The minimum absolute atomic E-state index is 0.185. The molecule has 0 aliphatic heterocycles. The quantitative estimate of drug-likeness (QED) is 0.793. The fraction of sp³-hybridized carbons (Fsp3) is 0.188. The Morgan fingerprint density at radius 2 is 1.71 bits per heavy atom. The topological polar surface area (TPSA) is 43.4 Å². The highest BCUT2D eigenvalue weighted by molar-refractivity contribution is 7.84. The van der Waals surface area contributed by atoms with Gasteiger partial charge in [0, 0.05) is 9.92 Å². The van der Waals surface area contributed by atoms with E-state index >= 15 is 0 Å². The average Bonchev–Trinajstić information content (AvgIpc) is 2.49. The van der Waals surface area contributed by atoms with E-state index in [1.807, 2.05) is 24.3 Å². The molecule has 3 nitrogen and oxygen atoms in total. The molecular weight excluding hydrogens is 308 g/mol. The lowest BCUT2D eigenvalue weighted by Crippen LogP contribution is -2.08. The summed E-state index contributed by atoms with van der Waals surface area (Å²) in [5.41, 5.74) is 1.72. The van der Waals surface area contributed by atoms with E-state index in [1.165, 1.54) is 7.11 Å². The smallest absolute Gasteiger partial charge is 0.309 e. The molecule has 0 heterocycles. The number of hydrogen-bond acceptors (Lipinski definition) is 3. The van der Waals surface area contributed by atoms with E-state index in [-0.39, 0.29) is 12.4 Å². The molecule has 0 saturated carbocycles. The lowest BCUT2D eigenvalue weighted by atomic mass is 10.1. The highest BCUT2D eigenvalue weighted by atomic mass is 35.5. The largest absolute Gasteiger partial charge is 0.469 e. The fourth-order valence-electron chi connectivity index (χ4n) is 1.91. The minimum atomic E-state index is -1.18. The second-order valence-electron chi connectivity index (χ2n) is 4.47. The summed E-state index contributed by atoms with van der Waals surface area (Å²) in [5, 5.41) is 0.613. The molecular formula is C16H15ClO3S. The van der Waals surface area contributed by atoms with Crippen LogP contribution in [0.25, 0.3) is 0 Å². The van der Waals surface area contributed by atoms with Gasteiger partial charge in [0.1, 0.15) is 0 Å². The Kier molecular flexibility index (Phi) is 5.53. The van der Waals surface area contributed by atoms with Crippen molar-refractivity contribution < 1.29 is 13.7 Å². The second-order valence-corrected chi connectivity index (χ2v) is 6.35. The van der Waals surface area contributed by atoms with Crippen LogP contribution in [-0.4, -0.2) is 17.3 Å². The maximum atomic E-state index is 12.4. The highest BCUT2D eigenvalue weighted by Gasteiger charge is 2.11. The standard InChI is InChI=1S/C16H15ClO3S/c1-20-16(18)10-12-4-2-3-5-13(12)11-21(19)15-8-6-14(17)7-9-15/h2-9H,10-11H2,1H3. The van der Waals surface area contributed by atoms with Crippen molar-refractivity contribution in [2.75, 3.05) is 7.11 Å². The van der Waals surface area contributed by atoms with Crippen molar-refractivity contribution in [3.63, 3.8) is 0 Å². The van der Waals surface area contributed by atoms with Crippen LogP contribution in [0.4, 0.5) is 0 Å². The first-order valence-electron chi connectivity index (χ1n) is 6.37. The molecule has 0 saturated heterocycles. The van der Waals surface area contributed by atoms with Crippen molar-refractivity contribution >= 4 is 28.4 Å². The van der Waals surface area contributed by atoms with Gasteiger partial charge < -0.3 is 4.74 Å². The number of carbonyl (C=O) groups excluding carboxylic acids is 1. The molecule has 1 unspecified atom stereocenters. The van der Waals surface area contributed by atoms with Crippen molar-refractivity contribution in [1.82, 2.24) is 0 Å². The molecule has 2 aromatic carbocycles. The van der Waals surface area contributed by atoms with Crippen LogP contribution in [0.1, 0.15) is 11.1 Å². The zero-order valence-corrected chi connectivity index (χ0v) is 13.1. The van der Waals surface area contributed by atoms with E-state index in [9.17, 15) is 9.00 Å². The highest BCUT2D eigenvalue weighted by Crippen LogP contribution is 2.18. The van der Waals surface area contributed by atoms with Crippen molar-refractivity contribution in [3.8, 4) is 0 Å². The number of methoxy groups -OCH3 is 1. The molecule has 1 atom stereocenters. The lowest BCUT2D eigenvalue weighted by Gasteiger charge is -2.08. The Balaban J connectivity index is 2.17. The van der Waals surface area contributed by atoms with Crippen LogP contribution < -0.4 is 0 Å². The van der Waals surface area contributed by atoms with Crippen molar-refractivity contribution in [2.45, 2.75) is 17.1 Å². The summed E-state index contributed by atoms with van der Waals surface area (Å²) < 4.78 is 17.1. The fourth-order valence-corrected chi connectivity index (χ4v) is 3.21. The Morgan fingerprint density at radius 3 is 2.33 bits per heavy atom. The first-order valence-corrected chi connectivity index (χ1v) is 8.07. The molecule has 0 fully saturated rings. The number of hydrogen-bond donors (Lipinski definition) is 0. The Morgan fingerprint density at radius 1 is 1.10 bits per heavy atom. The van der Waals surface area contributed by atoms with Crippen LogP contribution in [0.2, 0.25) is 5.02 Å². The van der Waals surface area contributed by atoms with Crippen LogP contribution >= 0.6 is 11.6 Å². The third kappa shape index (κ3) is 4.41. The van der Waals surface area contributed by atoms with Crippen LogP contribution in [-0.2, 0) is 32.5 Å². The number of carbonyl (C=O) groups is 1. The first kappa shape index (κ1) is 15.7. The van der Waals surface area contributed by atoms with Crippen molar-refractivity contribution in [2.24, 2.45) is 0 Å². The molecule has 0 N–H and O–H groups in total. The molecule has 0 spiro atoms. The number of rotatable bonds is 5. The van der Waals surface area contributed by atoms with Gasteiger partial charge in [-0.05, 0) is 35.4 Å². The lowest BCUT2D eigenvalue weighted by molar-refractivity contribution is -0.139. The molecule has 0 aliphatic carbocycles. The number of benzene rings is 2. The summed E-state index contributed by atoms with van der Waals surface area (Å²) in [4.78, 5) is 12.1. The van der Waals surface area contributed by atoms with Gasteiger partial charge in [0.05, 0.1) is 30.1 Å². The van der Waals surface area contributed by atoms with Gasteiger partial charge >= 0.3 is 5.97 Å². The predicted molar refractivity (Wildman–Crippen MR) is 83.7 cm³/mol. The Bertz CT molecular complexity index is 653. The molecule has 0 aromatic heterocycles. The van der Waals surface area contributed by atoms with Gasteiger partial charge in [-0.15, -0.1) is 0 Å². The van der Waals surface area contributed by atoms with Crippen LogP contribution in [0.15, 0.2) is 53.4 Å². The molecule has 0 radical (unpaired) electrons. The summed E-state index contributed by atoms with van der Waals surface area (Å²) >= 11 is 5.82. The van der Waals surface area contributed by atoms with E-state index in [2.05, 4.69) is 4.74 Å². The third-order valence-electron chi connectivity index (χ3n) is 3.04. The van der Waals surface area contributed by atoms with Gasteiger partial charge in [-0.1, -0.05) is 35.9 Å². The van der Waals surface area contributed by atoms with E-state index in [0.29, 0.717) is 15.7 Å². The summed E-state index contributed by atoms with van der Waals surface area (Å²) in [6.45, 7) is 0. The molecule has 0 aliphatic rings. The second kappa shape index (κ2) is 7.38. The molecule has 0 amide bonds. The summed E-state index contributed by atoms with van der Waals surface area (Å²) in [6.07, 6.45) is 0.185. The average molecular weight is 323 g/mol. The monoisotopic (exact) mass is 322 g/mol. The molecule has 0 bridgehead atoms. The van der Waals surface area contributed by atoms with E-state index in [4.69, 9.17) is 11.6 Å². The number of esters is 1. The molecule has 2 aromatic rings. The van der Waals surface area contributed by atoms with Gasteiger partial charge in [0.15, 0.2) is 0 Å². The molecule has 21 heavy (non-hydrogen) atoms. The molecule has 2 rings (SSSR count). The van der Waals surface area contributed by atoms with Crippen molar-refractivity contribution in [1.29, 1.82) is 0 Å². The van der Waals surface area contributed by atoms with E-state index in [0.717, 1.165) is 11.1 Å². The Hall–Kier alpha value is -1.65. The van der Waals surface area contributed by atoms with E-state index < -0.39 is 10.8 Å². The SMILES string of the molecule is COC(=O)Cc1ccccc1CS(=O)c1ccc(Cl)cc1. The zero-order valence-electron chi connectivity index (χ0n) is 11.5. The van der Waals surface area contributed by atoms with Crippen LogP contribution in [0.3, 0.4) is 0 Å². The molecule has 5 heteroatoms. The van der Waals surface area contributed by atoms with Crippen LogP contribution in [0.5, 0.6) is 0 Å². The number of halogens is 1. The summed E-state index contributed by atoms with van der Waals surface area (Å²) in [5.74, 6) is 0.0501. The van der Waals surface area contributed by atoms with Gasteiger partial charge in [-0.25, -0.2) is 0 Å². The maximum absolute atomic E-state index is 12.4. The third-order valence-corrected chi connectivity index (χ3v) is 4.67. The van der Waals surface area contributed by atoms with E-state index in [1.54, 1.807) is 24.3 Å². The van der Waals surface area contributed by atoms with Gasteiger partial charge in [0.2, 0.25) is 0 Å². The van der Waals surface area contributed by atoms with Gasteiger partial charge in [-0.3, -0.25) is 9.00 Å². The first-order chi connectivity index (χ1) is 10.1. The number of ether oxygens (including phenoxy) is 1. The summed E-state index contributed by atoms with van der Waals surface area (Å²) in [7, 11) is 0.177. The minimum Gasteiger partial charge on any atom is -0.469 e.